The number of carbonyl (C=O) groups is 8. The summed E-state index contributed by atoms with van der Waals surface area (Å²) in [6, 6.07) is 14.1. The van der Waals surface area contributed by atoms with E-state index in [1.807, 2.05) is 30.3 Å². The lowest BCUT2D eigenvalue weighted by molar-refractivity contribution is -0.172. The maximum Gasteiger partial charge on any atom is 0.408 e. The fourth-order valence-electron chi connectivity index (χ4n) is 8.78. The maximum absolute atomic E-state index is 14.1. The number of para-hydroxylation sites is 1. The van der Waals surface area contributed by atoms with Gasteiger partial charge in [-0.1, -0.05) is 55.5 Å². The number of aromatic nitrogens is 2. The van der Waals surface area contributed by atoms with E-state index in [2.05, 4.69) is 36.9 Å². The third kappa shape index (κ3) is 11.9. The summed E-state index contributed by atoms with van der Waals surface area (Å²) in [5.41, 5.74) is 12.1. The minimum absolute atomic E-state index is 0.0168. The lowest BCUT2D eigenvalue weighted by atomic mass is 9.85. The van der Waals surface area contributed by atoms with Crippen LogP contribution in [0.15, 0.2) is 76.5 Å². The Kier molecular flexibility index (Phi) is 15.9. The number of alkyl carbamates (subject to hydrolysis) is 1. The molecule has 23 nitrogen and oxygen atoms in total. The minimum atomic E-state index is -1.98. The normalized spacial score (nSPS) is 21.3. The molecule has 71 heavy (non-hydrogen) atoms. The van der Waals surface area contributed by atoms with Gasteiger partial charge in [-0.3, -0.25) is 38.6 Å². The number of unbranched alkanes of at least 4 members (excludes halogenated alkanes) is 1. The third-order valence-electron chi connectivity index (χ3n) is 12.4. The number of carboxylic acids is 1. The number of hydrogen-bond donors (Lipinski definition) is 9. The maximum atomic E-state index is 14.1. The van der Waals surface area contributed by atoms with Crippen molar-refractivity contribution in [3.63, 3.8) is 0 Å². The molecule has 3 aliphatic heterocycles. The lowest BCUT2D eigenvalue weighted by Crippen LogP contribution is -2.58. The number of hydrogen-bond acceptors (Lipinski definition) is 13. The first-order chi connectivity index (χ1) is 34.1. The first-order valence-corrected chi connectivity index (χ1v) is 23.2. The summed E-state index contributed by atoms with van der Waals surface area (Å²) in [6.45, 7) is 0.910. The molecule has 6 amide bonds. The van der Waals surface area contributed by atoms with Gasteiger partial charge in [0.2, 0.25) is 35.1 Å². The van der Waals surface area contributed by atoms with Crippen LogP contribution in [0.2, 0.25) is 0 Å². The number of ether oxygens (including phenoxy) is 2. The van der Waals surface area contributed by atoms with Crippen molar-refractivity contribution in [3.05, 3.63) is 99.3 Å². The highest BCUT2D eigenvalue weighted by Crippen LogP contribution is 2.41. The molecule has 0 unspecified atom stereocenters. The van der Waals surface area contributed by atoms with Crippen molar-refractivity contribution in [2.24, 2.45) is 16.5 Å². The van der Waals surface area contributed by atoms with Crippen LogP contribution in [-0.2, 0) is 68.2 Å². The number of fused-ring (bicyclic) bond motifs is 5. The number of esters is 1. The number of nitrogens with two attached hydrogens (primary N) is 2. The number of aliphatic carboxylic acids is 1. The van der Waals surface area contributed by atoms with Crippen molar-refractivity contribution in [2.75, 3.05) is 19.6 Å². The molecule has 0 radical (unpaired) electrons. The molecule has 0 saturated carbocycles. The van der Waals surface area contributed by atoms with Crippen molar-refractivity contribution < 1.29 is 52.9 Å². The molecule has 1 saturated heterocycles. The number of rotatable bonds is 15. The third-order valence-corrected chi connectivity index (χ3v) is 12.4. The molecule has 3 aliphatic rings. The Bertz CT molecular complexity index is 2830. The molecule has 1 fully saturated rings. The first-order valence-electron chi connectivity index (χ1n) is 23.2. The zero-order chi connectivity index (χ0) is 50.8. The van der Waals surface area contributed by atoms with Gasteiger partial charge in [0.1, 0.15) is 30.8 Å². The van der Waals surface area contributed by atoms with E-state index in [1.54, 1.807) is 47.9 Å². The number of guanidine groups is 1. The molecular formula is C48H55N11O12. The van der Waals surface area contributed by atoms with Gasteiger partial charge in [-0.05, 0) is 62.3 Å². The number of pyridine rings is 2. The van der Waals surface area contributed by atoms with Crippen LogP contribution in [-0.4, -0.2) is 112 Å². The molecule has 0 aliphatic carbocycles. The highest BCUT2D eigenvalue weighted by atomic mass is 16.6. The number of cyclic esters (lactones) is 1. The molecule has 0 bridgehead atoms. The summed E-state index contributed by atoms with van der Waals surface area (Å²) in [5.74, 6) is -6.84. The Labute approximate surface area is 405 Å². The molecule has 5 heterocycles. The molecule has 7 rings (SSSR count). The molecule has 5 atom stereocenters. The van der Waals surface area contributed by atoms with Crippen LogP contribution in [0.4, 0.5) is 4.79 Å². The Morgan fingerprint density at radius 3 is 2.27 bits per heavy atom. The van der Waals surface area contributed by atoms with Crippen LogP contribution in [0.1, 0.15) is 74.1 Å². The Balaban J connectivity index is 1.07. The van der Waals surface area contributed by atoms with Gasteiger partial charge in [-0.15, -0.1) is 0 Å². The molecule has 2 aromatic carbocycles. The predicted molar refractivity (Wildman–Crippen MR) is 254 cm³/mol. The summed E-state index contributed by atoms with van der Waals surface area (Å²) in [7, 11) is 0. The summed E-state index contributed by atoms with van der Waals surface area (Å²) >= 11 is 0. The van der Waals surface area contributed by atoms with E-state index < -0.39 is 95.9 Å². The van der Waals surface area contributed by atoms with Gasteiger partial charge in [0.15, 0.2) is 5.96 Å². The zero-order valence-corrected chi connectivity index (χ0v) is 38.8. The fraction of sp³-hybridized carbons (Fsp3) is 0.396. The monoisotopic (exact) mass is 977 g/mol. The van der Waals surface area contributed by atoms with E-state index in [0.29, 0.717) is 17.0 Å². The topological polar surface area (TPSA) is 347 Å². The van der Waals surface area contributed by atoms with Crippen molar-refractivity contribution >= 4 is 64.4 Å². The van der Waals surface area contributed by atoms with Crippen LogP contribution >= 0.6 is 0 Å². The van der Waals surface area contributed by atoms with Gasteiger partial charge in [0, 0.05) is 36.0 Å². The van der Waals surface area contributed by atoms with E-state index in [9.17, 15) is 48.3 Å². The second-order valence-electron chi connectivity index (χ2n) is 17.3. The average Bonchev–Trinajstić information content (AvgIpc) is 3.70. The lowest BCUT2D eigenvalue weighted by Gasteiger charge is -2.35. The van der Waals surface area contributed by atoms with E-state index in [1.165, 1.54) is 0 Å². The van der Waals surface area contributed by atoms with E-state index >= 15 is 0 Å². The summed E-state index contributed by atoms with van der Waals surface area (Å²) < 4.78 is 12.9. The summed E-state index contributed by atoms with van der Waals surface area (Å²) in [5, 5.41) is 25.6. The van der Waals surface area contributed by atoms with Crippen molar-refractivity contribution in [2.45, 2.75) is 101 Å². The molecule has 23 heteroatoms. The van der Waals surface area contributed by atoms with Crippen molar-refractivity contribution in [3.8, 4) is 11.4 Å². The average molecular weight is 978 g/mol. The zero-order valence-electron chi connectivity index (χ0n) is 38.8. The summed E-state index contributed by atoms with van der Waals surface area (Å²) in [4.78, 5) is 130. The predicted octanol–water partition coefficient (Wildman–Crippen LogP) is -0.176. The first kappa shape index (κ1) is 50.5. The number of aliphatic imine (C=N–C) groups is 1. The van der Waals surface area contributed by atoms with Crippen LogP contribution in [0.3, 0.4) is 0 Å². The van der Waals surface area contributed by atoms with E-state index in [4.69, 9.17) is 25.9 Å². The smallest absolute Gasteiger partial charge is 0.408 e. The van der Waals surface area contributed by atoms with Crippen molar-refractivity contribution in [1.82, 2.24) is 41.5 Å². The Morgan fingerprint density at radius 2 is 1.54 bits per heavy atom. The number of carboxylic acid groups (broad SMARTS) is 1. The fourth-order valence-corrected chi connectivity index (χ4v) is 8.78. The van der Waals surface area contributed by atoms with Gasteiger partial charge in [0.05, 0.1) is 42.0 Å². The Hall–Kier alpha value is -8.37. The molecule has 0 spiro atoms. The highest BCUT2D eigenvalue weighted by Gasteiger charge is 2.50. The standard InChI is InChI=1S/C48H55N11O12/c1-2-48(30-21-36-39-28(20-27-13-6-7-14-31(27)55-39)24-59(36)44(67)29(30)25-70-45(48)68)71-47(69)52-17-9-8-15-33-41(64)56-32(16-10-18-51-46(49)50)40(63)53-23-37(60)54-35(22-38(61)62)43(66)58-34(42(65)57-33)19-26-11-4-3-5-12-26/h3-7,11-14,20-21,32-35H,2,8-10,15-19,22-25H2,1H3,(H,52,69)(H,53,63)(H,54,60)(H,56,64)(H,57,65)(H,58,66)(H,61,62)(H4,49,50,51)/t32-,33-,34+,35-,48-/m0/s1. The van der Waals surface area contributed by atoms with E-state index in [0.717, 1.165) is 16.5 Å². The SMILES string of the molecule is CC[C@@]1(OC(=O)NCCCC[C@@H]2NC(=O)[C@@H](Cc3ccccc3)NC(=O)[C@H](CC(=O)O)NC(=O)CNC(=O)[C@H](CCCN=C(N)N)NC2=O)C(=O)OCc2c1cc1n(c2=O)Cc2cc3ccccc3nc2-1. The number of amides is 6. The van der Waals surface area contributed by atoms with Crippen molar-refractivity contribution in [1.29, 1.82) is 0 Å². The molecule has 2 aromatic heterocycles. The highest BCUT2D eigenvalue weighted by molar-refractivity contribution is 5.98. The van der Waals surface area contributed by atoms with E-state index in [-0.39, 0.29) is 88.3 Å². The number of carbonyl (C=O) groups excluding carboxylic acids is 7. The largest absolute Gasteiger partial charge is 0.481 e. The van der Waals surface area contributed by atoms with Crippen LogP contribution in [0.5, 0.6) is 0 Å². The van der Waals surface area contributed by atoms with Gasteiger partial charge in [-0.25, -0.2) is 14.6 Å². The molecule has 11 N–H and O–H groups in total. The summed E-state index contributed by atoms with van der Waals surface area (Å²) in [6.07, 6.45) is -1.55. The quantitative estimate of drug-likeness (QED) is 0.0285. The van der Waals surface area contributed by atoms with Gasteiger partial charge in [0.25, 0.3) is 5.56 Å². The number of benzene rings is 2. The molecule has 374 valence electrons. The van der Waals surface area contributed by atoms with Crippen LogP contribution in [0.25, 0.3) is 22.3 Å². The number of nitrogens with zero attached hydrogens (tertiary/aromatic N) is 3. The molecular weight excluding hydrogens is 923 g/mol. The van der Waals surface area contributed by atoms with Gasteiger partial charge >= 0.3 is 18.0 Å². The number of nitrogens with one attached hydrogen (secondary N) is 6. The second-order valence-corrected chi connectivity index (χ2v) is 17.3. The van der Waals surface area contributed by atoms with Crippen LogP contribution < -0.4 is 48.9 Å². The van der Waals surface area contributed by atoms with Crippen LogP contribution in [0, 0.1) is 0 Å². The molecule has 4 aromatic rings. The Morgan fingerprint density at radius 1 is 0.859 bits per heavy atom. The second kappa shape index (κ2) is 22.4. The minimum Gasteiger partial charge on any atom is -0.481 e. The van der Waals surface area contributed by atoms with Gasteiger partial charge < -0.3 is 62.5 Å². The van der Waals surface area contributed by atoms with Gasteiger partial charge in [-0.2, -0.15) is 0 Å².